The molecule has 0 aliphatic rings. The van der Waals surface area contributed by atoms with Gasteiger partial charge in [-0.25, -0.2) is 4.98 Å². The Morgan fingerprint density at radius 1 is 1.26 bits per heavy atom. The molecule has 0 saturated carbocycles. The molecule has 1 heterocycles. The zero-order valence-electron chi connectivity index (χ0n) is 18.8. The Hall–Kier alpha value is -2.02. The fourth-order valence-electron chi connectivity index (χ4n) is 2.95. The Kier molecular flexibility index (Phi) is 10.4. The van der Waals surface area contributed by atoms with E-state index in [0.29, 0.717) is 41.0 Å². The molecule has 1 atom stereocenters. The van der Waals surface area contributed by atoms with E-state index in [1.54, 1.807) is 12.1 Å². The molecular weight excluding hydrogens is 414 g/mol. The average molecular weight is 448 g/mol. The SMILES string of the molecule is Cc1nc(-c2ccc(OCC(C)C)c(C#N)c2)sc1C(O)OCCCN(C)CCCO. The molecule has 0 fully saturated rings. The number of hydrogen-bond acceptors (Lipinski definition) is 8. The van der Waals surface area contributed by atoms with Crippen LogP contribution in [-0.2, 0) is 4.74 Å². The minimum Gasteiger partial charge on any atom is -0.492 e. The molecule has 2 rings (SSSR count). The molecule has 0 saturated heterocycles. The predicted octanol–water partition coefficient (Wildman–Crippen LogP) is 3.74. The number of nitrogens with zero attached hydrogens (tertiary/aromatic N) is 3. The minimum atomic E-state index is -1.03. The predicted molar refractivity (Wildman–Crippen MR) is 122 cm³/mol. The summed E-state index contributed by atoms with van der Waals surface area (Å²) in [6.45, 7) is 8.80. The summed E-state index contributed by atoms with van der Waals surface area (Å²) in [7, 11) is 2.00. The van der Waals surface area contributed by atoms with Crippen LogP contribution in [0.2, 0.25) is 0 Å². The van der Waals surface area contributed by atoms with E-state index in [-0.39, 0.29) is 6.61 Å². The van der Waals surface area contributed by atoms with Crippen molar-refractivity contribution in [3.63, 3.8) is 0 Å². The van der Waals surface area contributed by atoms with Gasteiger partial charge in [0.15, 0.2) is 6.29 Å². The average Bonchev–Trinajstić information content (AvgIpc) is 3.15. The smallest absolute Gasteiger partial charge is 0.192 e. The number of hydrogen-bond donors (Lipinski definition) is 2. The maximum absolute atomic E-state index is 10.5. The lowest BCUT2D eigenvalue weighted by Gasteiger charge is -2.16. The summed E-state index contributed by atoms with van der Waals surface area (Å²) in [5.41, 5.74) is 1.99. The summed E-state index contributed by atoms with van der Waals surface area (Å²) >= 11 is 1.36. The molecule has 1 aromatic heterocycles. The van der Waals surface area contributed by atoms with Gasteiger partial charge in [0.25, 0.3) is 0 Å². The lowest BCUT2D eigenvalue weighted by molar-refractivity contribution is -0.102. The molecular formula is C23H33N3O4S. The number of aryl methyl sites for hydroxylation is 1. The third-order valence-electron chi connectivity index (χ3n) is 4.63. The highest BCUT2D eigenvalue weighted by Crippen LogP contribution is 2.34. The van der Waals surface area contributed by atoms with Crippen LogP contribution in [0.5, 0.6) is 5.75 Å². The van der Waals surface area contributed by atoms with Crippen molar-refractivity contribution in [1.82, 2.24) is 9.88 Å². The number of nitriles is 1. The first kappa shape index (κ1) is 25.2. The fraction of sp³-hybridized carbons (Fsp3) is 0.565. The van der Waals surface area contributed by atoms with Crippen LogP contribution in [0.3, 0.4) is 0 Å². The summed E-state index contributed by atoms with van der Waals surface area (Å²) in [6.07, 6.45) is 0.506. The molecule has 8 heteroatoms. The van der Waals surface area contributed by atoms with Crippen LogP contribution >= 0.6 is 11.3 Å². The monoisotopic (exact) mass is 447 g/mol. The Morgan fingerprint density at radius 2 is 2.00 bits per heavy atom. The summed E-state index contributed by atoms with van der Waals surface area (Å²) in [4.78, 5) is 7.36. The van der Waals surface area contributed by atoms with Crippen molar-refractivity contribution in [2.75, 3.05) is 40.0 Å². The molecule has 1 aromatic carbocycles. The number of thiazole rings is 1. The zero-order valence-corrected chi connectivity index (χ0v) is 19.6. The van der Waals surface area contributed by atoms with Crippen LogP contribution in [0, 0.1) is 24.2 Å². The lowest BCUT2D eigenvalue weighted by atomic mass is 10.1. The lowest BCUT2D eigenvalue weighted by Crippen LogP contribution is -2.23. The highest BCUT2D eigenvalue weighted by Gasteiger charge is 2.18. The number of rotatable bonds is 13. The van der Waals surface area contributed by atoms with Crippen molar-refractivity contribution in [3.8, 4) is 22.4 Å². The maximum atomic E-state index is 10.5. The van der Waals surface area contributed by atoms with E-state index in [1.807, 2.05) is 20.0 Å². The van der Waals surface area contributed by atoms with Gasteiger partial charge in [-0.2, -0.15) is 5.26 Å². The maximum Gasteiger partial charge on any atom is 0.192 e. The van der Waals surface area contributed by atoms with Crippen LogP contribution in [0.15, 0.2) is 18.2 Å². The van der Waals surface area contributed by atoms with Gasteiger partial charge in [0.1, 0.15) is 16.8 Å². The molecule has 7 nitrogen and oxygen atoms in total. The summed E-state index contributed by atoms with van der Waals surface area (Å²) in [5.74, 6) is 0.943. The number of benzene rings is 1. The number of aromatic nitrogens is 1. The van der Waals surface area contributed by atoms with E-state index in [2.05, 4.69) is 29.8 Å². The Bertz CT molecular complexity index is 863. The molecule has 0 spiro atoms. The molecule has 1 unspecified atom stereocenters. The third kappa shape index (κ3) is 7.87. The van der Waals surface area contributed by atoms with E-state index in [0.717, 1.165) is 36.5 Å². The molecule has 0 aliphatic heterocycles. The number of aliphatic hydroxyl groups excluding tert-OH is 2. The zero-order chi connectivity index (χ0) is 22.8. The summed E-state index contributed by atoms with van der Waals surface area (Å²) in [6, 6.07) is 7.64. The van der Waals surface area contributed by atoms with E-state index in [4.69, 9.17) is 14.6 Å². The van der Waals surface area contributed by atoms with E-state index in [1.165, 1.54) is 11.3 Å². The molecule has 2 aromatic rings. The van der Waals surface area contributed by atoms with Gasteiger partial charge in [0.2, 0.25) is 0 Å². The third-order valence-corrected chi connectivity index (χ3v) is 5.87. The molecule has 0 aliphatic carbocycles. The first-order chi connectivity index (χ1) is 14.8. The van der Waals surface area contributed by atoms with Gasteiger partial charge in [-0.3, -0.25) is 0 Å². The van der Waals surface area contributed by atoms with Crippen LogP contribution in [0.4, 0.5) is 0 Å². The van der Waals surface area contributed by atoms with Gasteiger partial charge in [-0.1, -0.05) is 13.8 Å². The van der Waals surface area contributed by atoms with E-state index >= 15 is 0 Å². The second-order valence-corrected chi connectivity index (χ2v) is 8.98. The second-order valence-electron chi connectivity index (χ2n) is 7.95. The van der Waals surface area contributed by atoms with E-state index < -0.39 is 6.29 Å². The fourth-order valence-corrected chi connectivity index (χ4v) is 3.95. The number of ether oxygens (including phenoxy) is 2. The largest absolute Gasteiger partial charge is 0.492 e. The molecule has 31 heavy (non-hydrogen) atoms. The summed E-state index contributed by atoms with van der Waals surface area (Å²) < 4.78 is 11.3. The van der Waals surface area contributed by atoms with E-state index in [9.17, 15) is 10.4 Å². The van der Waals surface area contributed by atoms with Crippen LogP contribution in [0.1, 0.15) is 49.1 Å². The molecule has 0 bridgehead atoms. The molecule has 0 amide bonds. The molecule has 2 N–H and O–H groups in total. The van der Waals surface area contributed by atoms with Crippen molar-refractivity contribution in [1.29, 1.82) is 5.26 Å². The Morgan fingerprint density at radius 3 is 2.68 bits per heavy atom. The highest BCUT2D eigenvalue weighted by atomic mass is 32.1. The van der Waals surface area contributed by atoms with Crippen molar-refractivity contribution < 1.29 is 19.7 Å². The van der Waals surface area contributed by atoms with Gasteiger partial charge in [-0.05, 0) is 50.9 Å². The van der Waals surface area contributed by atoms with Gasteiger partial charge < -0.3 is 24.6 Å². The first-order valence-electron chi connectivity index (χ1n) is 10.6. The number of aliphatic hydroxyl groups is 2. The van der Waals surface area contributed by atoms with Crippen LogP contribution < -0.4 is 4.74 Å². The summed E-state index contributed by atoms with van der Waals surface area (Å²) in [5, 5.41) is 29.6. The normalized spacial score (nSPS) is 12.4. The van der Waals surface area contributed by atoms with Gasteiger partial charge in [0, 0.05) is 25.3 Å². The minimum absolute atomic E-state index is 0.191. The van der Waals surface area contributed by atoms with Gasteiger partial charge >= 0.3 is 0 Å². The van der Waals surface area contributed by atoms with Crippen molar-refractivity contribution in [2.24, 2.45) is 5.92 Å². The molecule has 0 radical (unpaired) electrons. The van der Waals surface area contributed by atoms with Crippen LogP contribution in [0.25, 0.3) is 10.6 Å². The second kappa shape index (κ2) is 12.7. The molecule has 170 valence electrons. The van der Waals surface area contributed by atoms with Gasteiger partial charge in [0.05, 0.1) is 29.3 Å². The Labute approximate surface area is 188 Å². The quantitative estimate of drug-likeness (QED) is 0.356. The van der Waals surface area contributed by atoms with Crippen molar-refractivity contribution in [3.05, 3.63) is 34.3 Å². The standard InChI is InChI=1S/C23H33N3O4S/c1-16(2)15-30-20-8-7-18(13-19(20)14-24)22-25-17(3)21(31-22)23(28)29-12-6-10-26(4)9-5-11-27/h7-8,13,16,23,27-28H,5-6,9-12,15H2,1-4H3. The topological polar surface area (TPSA) is 98.8 Å². The highest BCUT2D eigenvalue weighted by molar-refractivity contribution is 7.15. The first-order valence-corrected chi connectivity index (χ1v) is 11.4. The Balaban J connectivity index is 1.99. The van der Waals surface area contributed by atoms with Crippen LogP contribution in [-0.4, -0.2) is 60.1 Å². The van der Waals surface area contributed by atoms with Crippen molar-refractivity contribution >= 4 is 11.3 Å². The van der Waals surface area contributed by atoms with Crippen molar-refractivity contribution in [2.45, 2.75) is 39.9 Å². The van der Waals surface area contributed by atoms with Gasteiger partial charge in [-0.15, -0.1) is 11.3 Å².